The van der Waals surface area contributed by atoms with Gasteiger partial charge in [-0.15, -0.1) is 0 Å². The van der Waals surface area contributed by atoms with Crippen LogP contribution in [-0.2, 0) is 0 Å². The van der Waals surface area contributed by atoms with Crippen molar-refractivity contribution in [2.45, 2.75) is 0 Å². The third-order valence-electron chi connectivity index (χ3n) is 1.96. The fraction of sp³-hybridized carbons (Fsp3) is 0. The van der Waals surface area contributed by atoms with Gasteiger partial charge in [-0.3, -0.25) is 0 Å². The normalized spacial score (nSPS) is 10.8. The van der Waals surface area contributed by atoms with Crippen LogP contribution in [0.5, 0.6) is 5.75 Å². The van der Waals surface area contributed by atoms with Crippen LogP contribution < -0.4 is 0 Å². The molecule has 0 bridgehead atoms. The van der Waals surface area contributed by atoms with Crippen LogP contribution in [0.3, 0.4) is 0 Å². The zero-order valence-electron chi connectivity index (χ0n) is 8.34. The van der Waals surface area contributed by atoms with Gasteiger partial charge in [-0.1, -0.05) is 11.6 Å². The van der Waals surface area contributed by atoms with E-state index in [9.17, 15) is 0 Å². The number of hydrogen-bond acceptors (Lipinski definition) is 3. The summed E-state index contributed by atoms with van der Waals surface area (Å²) >= 11 is 5.75. The Kier molecular flexibility index (Phi) is 3.17. The first kappa shape index (κ1) is 10.6. The molecule has 0 heterocycles. The first-order valence-electron chi connectivity index (χ1n) is 4.70. The van der Waals surface area contributed by atoms with E-state index in [1.807, 2.05) is 0 Å². The van der Waals surface area contributed by atoms with Gasteiger partial charge in [0.2, 0.25) is 0 Å². The molecule has 0 fully saturated rings. The van der Waals surface area contributed by atoms with Crippen LogP contribution in [0.4, 0.5) is 11.4 Å². The van der Waals surface area contributed by atoms with Crippen LogP contribution in [0, 0.1) is 0 Å². The third-order valence-corrected chi connectivity index (χ3v) is 2.21. The monoisotopic (exact) mass is 232 g/mol. The van der Waals surface area contributed by atoms with E-state index in [4.69, 9.17) is 16.7 Å². The summed E-state index contributed by atoms with van der Waals surface area (Å²) in [5.74, 6) is 0.213. The predicted molar refractivity (Wildman–Crippen MR) is 63.7 cm³/mol. The van der Waals surface area contributed by atoms with Crippen molar-refractivity contribution < 1.29 is 5.11 Å². The number of nitrogens with zero attached hydrogens (tertiary/aromatic N) is 2. The highest BCUT2D eigenvalue weighted by atomic mass is 35.5. The summed E-state index contributed by atoms with van der Waals surface area (Å²) in [5, 5.41) is 17.8. The minimum Gasteiger partial charge on any atom is -0.508 e. The van der Waals surface area contributed by atoms with Gasteiger partial charge in [0.1, 0.15) is 5.75 Å². The molecule has 0 spiro atoms. The van der Waals surface area contributed by atoms with Crippen LogP contribution in [0.15, 0.2) is 58.8 Å². The van der Waals surface area contributed by atoms with Crippen molar-refractivity contribution in [2.75, 3.05) is 0 Å². The number of rotatable bonds is 2. The summed E-state index contributed by atoms with van der Waals surface area (Å²) in [4.78, 5) is 0. The fourth-order valence-electron chi connectivity index (χ4n) is 1.14. The average Bonchev–Trinajstić information content (AvgIpc) is 2.30. The highest BCUT2D eigenvalue weighted by molar-refractivity contribution is 6.30. The number of benzene rings is 2. The molecule has 0 amide bonds. The molecule has 0 atom stereocenters. The Hall–Kier alpha value is -1.87. The number of azo groups is 1. The molecule has 1 N–H and O–H groups in total. The Balaban J connectivity index is 2.15. The molecular formula is C12H9ClN2O. The molecule has 4 heteroatoms. The first-order valence-corrected chi connectivity index (χ1v) is 5.08. The molecular weight excluding hydrogens is 224 g/mol. The highest BCUT2D eigenvalue weighted by Crippen LogP contribution is 2.21. The van der Waals surface area contributed by atoms with E-state index in [0.29, 0.717) is 10.7 Å². The molecule has 0 aromatic heterocycles. The fourth-order valence-corrected chi connectivity index (χ4v) is 1.27. The van der Waals surface area contributed by atoms with E-state index in [1.165, 1.54) is 0 Å². The average molecular weight is 233 g/mol. The summed E-state index contributed by atoms with van der Waals surface area (Å²) in [5.41, 5.74) is 1.42. The molecule has 2 aromatic rings. The maximum Gasteiger partial charge on any atom is 0.115 e. The second-order valence-corrected chi connectivity index (χ2v) is 3.63. The van der Waals surface area contributed by atoms with Gasteiger partial charge < -0.3 is 5.11 Å². The van der Waals surface area contributed by atoms with Gasteiger partial charge in [0.05, 0.1) is 11.4 Å². The van der Waals surface area contributed by atoms with Gasteiger partial charge in [-0.05, 0) is 48.5 Å². The lowest BCUT2D eigenvalue weighted by molar-refractivity contribution is 0.475. The third kappa shape index (κ3) is 2.81. The zero-order chi connectivity index (χ0) is 11.4. The number of phenols is 1. The van der Waals surface area contributed by atoms with E-state index in [2.05, 4.69) is 10.2 Å². The number of hydrogen-bond donors (Lipinski definition) is 1. The van der Waals surface area contributed by atoms with Crippen molar-refractivity contribution in [2.24, 2.45) is 10.2 Å². The molecule has 0 saturated heterocycles. The topological polar surface area (TPSA) is 45.0 Å². The first-order chi connectivity index (χ1) is 7.74. The molecule has 3 nitrogen and oxygen atoms in total. The molecule has 2 aromatic carbocycles. The van der Waals surface area contributed by atoms with E-state index in [0.717, 1.165) is 5.69 Å². The van der Waals surface area contributed by atoms with Gasteiger partial charge in [-0.2, -0.15) is 10.2 Å². The van der Waals surface area contributed by atoms with Crippen LogP contribution in [0.25, 0.3) is 0 Å². The van der Waals surface area contributed by atoms with Gasteiger partial charge in [-0.25, -0.2) is 0 Å². The summed E-state index contributed by atoms with van der Waals surface area (Å²) in [6.07, 6.45) is 0. The Morgan fingerprint density at radius 2 is 1.19 bits per heavy atom. The molecule has 0 unspecified atom stereocenters. The van der Waals surface area contributed by atoms with Gasteiger partial charge in [0.25, 0.3) is 0 Å². The quantitative estimate of drug-likeness (QED) is 0.764. The van der Waals surface area contributed by atoms with Gasteiger partial charge in [0.15, 0.2) is 0 Å². The SMILES string of the molecule is Oc1ccc(/N=N/c2ccc(Cl)cc2)cc1. The van der Waals surface area contributed by atoms with Crippen LogP contribution in [0.2, 0.25) is 5.02 Å². The van der Waals surface area contributed by atoms with Gasteiger partial charge >= 0.3 is 0 Å². The molecule has 0 aliphatic rings. The summed E-state index contributed by atoms with van der Waals surface area (Å²) < 4.78 is 0. The van der Waals surface area contributed by atoms with Crippen molar-refractivity contribution in [3.8, 4) is 5.75 Å². The van der Waals surface area contributed by atoms with Crippen molar-refractivity contribution >= 4 is 23.0 Å². The smallest absolute Gasteiger partial charge is 0.115 e. The lowest BCUT2D eigenvalue weighted by atomic mass is 10.3. The number of halogens is 1. The van der Waals surface area contributed by atoms with Crippen molar-refractivity contribution in [1.82, 2.24) is 0 Å². The maximum absolute atomic E-state index is 9.09. The maximum atomic E-state index is 9.09. The standard InChI is InChI=1S/C12H9ClN2O/c13-9-1-3-10(4-2-9)14-15-11-5-7-12(16)8-6-11/h1-8,16H/b15-14+. The molecule has 0 saturated carbocycles. The molecule has 0 aliphatic carbocycles. The van der Waals surface area contributed by atoms with Crippen LogP contribution in [0.1, 0.15) is 0 Å². The largest absolute Gasteiger partial charge is 0.508 e. The van der Waals surface area contributed by atoms with Crippen LogP contribution >= 0.6 is 11.6 Å². The second-order valence-electron chi connectivity index (χ2n) is 3.19. The Bertz CT molecular complexity index is 444. The lowest BCUT2D eigenvalue weighted by Crippen LogP contribution is -1.65. The summed E-state index contributed by atoms with van der Waals surface area (Å²) in [6, 6.07) is 13.6. The highest BCUT2D eigenvalue weighted by Gasteiger charge is 1.92. The molecule has 16 heavy (non-hydrogen) atoms. The molecule has 0 aliphatic heterocycles. The second kappa shape index (κ2) is 4.77. The Labute approximate surface area is 98.0 Å². The van der Waals surface area contributed by atoms with E-state index in [1.54, 1.807) is 48.5 Å². The molecule has 2 rings (SSSR count). The van der Waals surface area contributed by atoms with Crippen molar-refractivity contribution in [1.29, 1.82) is 0 Å². The summed E-state index contributed by atoms with van der Waals surface area (Å²) in [7, 11) is 0. The van der Waals surface area contributed by atoms with Gasteiger partial charge in [0, 0.05) is 5.02 Å². The van der Waals surface area contributed by atoms with Crippen molar-refractivity contribution in [3.05, 3.63) is 53.6 Å². The number of phenolic OH excluding ortho intramolecular Hbond substituents is 1. The van der Waals surface area contributed by atoms with Crippen molar-refractivity contribution in [3.63, 3.8) is 0 Å². The van der Waals surface area contributed by atoms with Crippen LogP contribution in [-0.4, -0.2) is 5.11 Å². The summed E-state index contributed by atoms with van der Waals surface area (Å²) in [6.45, 7) is 0. The predicted octanol–water partition coefficient (Wildman–Crippen LogP) is 4.46. The van der Waals surface area contributed by atoms with E-state index >= 15 is 0 Å². The molecule has 80 valence electrons. The lowest BCUT2D eigenvalue weighted by Gasteiger charge is -1.94. The number of aromatic hydroxyl groups is 1. The van der Waals surface area contributed by atoms with E-state index in [-0.39, 0.29) is 5.75 Å². The van der Waals surface area contributed by atoms with E-state index < -0.39 is 0 Å². The Morgan fingerprint density at radius 1 is 0.750 bits per heavy atom. The Morgan fingerprint density at radius 3 is 1.69 bits per heavy atom. The minimum atomic E-state index is 0.213. The minimum absolute atomic E-state index is 0.213. The molecule has 0 radical (unpaired) electrons. The zero-order valence-corrected chi connectivity index (χ0v) is 9.09.